The lowest BCUT2D eigenvalue weighted by molar-refractivity contribution is 0.121. The fourth-order valence-corrected chi connectivity index (χ4v) is 3.98. The van der Waals surface area contributed by atoms with Crippen LogP contribution in [0.2, 0.25) is 6.04 Å². The first-order valence-electron chi connectivity index (χ1n) is 8.15. The van der Waals surface area contributed by atoms with Crippen LogP contribution in [0.5, 0.6) is 5.75 Å². The number of anilines is 1. The fraction of sp³-hybridized carbons (Fsp3) is 0.375. The van der Waals surface area contributed by atoms with Gasteiger partial charge in [0.1, 0.15) is 17.4 Å². The van der Waals surface area contributed by atoms with Crippen LogP contribution in [0.4, 0.5) is 5.69 Å². The number of benzene rings is 1. The Labute approximate surface area is 158 Å². The van der Waals surface area contributed by atoms with Gasteiger partial charge in [-0.25, -0.2) is 0 Å². The maximum atomic E-state index is 9.17. The molecule has 1 heterocycles. The van der Waals surface area contributed by atoms with Gasteiger partial charge < -0.3 is 23.3 Å². The number of H-pyrrole nitrogens is 1. The molecule has 0 aliphatic rings. The van der Waals surface area contributed by atoms with Crippen molar-refractivity contribution in [1.82, 2.24) is 20.6 Å². The van der Waals surface area contributed by atoms with E-state index in [1.54, 1.807) is 21.3 Å². The summed E-state index contributed by atoms with van der Waals surface area (Å²) >= 11 is 0. The molecular weight excluding hydrogens is 368 g/mol. The van der Waals surface area contributed by atoms with Crippen LogP contribution in [0.1, 0.15) is 12.2 Å². The summed E-state index contributed by atoms with van der Waals surface area (Å²) in [5.41, 5.74) is 1.02. The Morgan fingerprint density at radius 3 is 2.70 bits per heavy atom. The van der Waals surface area contributed by atoms with Gasteiger partial charge in [0, 0.05) is 45.3 Å². The Bertz CT molecular complexity index is 765. The number of hydrogen-bond donors (Lipinski definition) is 2. The molecule has 0 unspecified atom stereocenters. The van der Waals surface area contributed by atoms with E-state index in [1.807, 2.05) is 30.3 Å². The van der Waals surface area contributed by atoms with Crippen LogP contribution in [0, 0.1) is 11.3 Å². The van der Waals surface area contributed by atoms with Gasteiger partial charge in [0.05, 0.1) is 6.61 Å². The standard InChI is InChI=1S/C16H22N6O4Si/c1-23-27(24-2,25-3)9-5-8-26-15-7-4-6-14(10-15)18-12-13(11-17)16-19-21-22-20-16/h4,6-7,10,12,18H,5,8-9H2,1-3H3,(H,19,20,21,22). The molecule has 0 atom stereocenters. The average Bonchev–Trinajstić information content (AvgIpc) is 3.24. The number of hydrogen-bond acceptors (Lipinski definition) is 9. The van der Waals surface area contributed by atoms with E-state index in [2.05, 4.69) is 25.9 Å². The van der Waals surface area contributed by atoms with Crippen LogP contribution in [0.15, 0.2) is 30.5 Å². The van der Waals surface area contributed by atoms with Crippen molar-refractivity contribution in [2.45, 2.75) is 12.5 Å². The monoisotopic (exact) mass is 390 g/mol. The molecule has 1 aromatic carbocycles. The molecule has 0 saturated heterocycles. The maximum absolute atomic E-state index is 9.17. The summed E-state index contributed by atoms with van der Waals surface area (Å²) in [5.74, 6) is 0.922. The fourth-order valence-electron chi connectivity index (χ4n) is 2.29. The van der Waals surface area contributed by atoms with E-state index < -0.39 is 8.80 Å². The van der Waals surface area contributed by atoms with Crippen molar-refractivity contribution >= 4 is 20.1 Å². The first-order chi connectivity index (χ1) is 13.2. The lowest BCUT2D eigenvalue weighted by atomic mass is 10.2. The van der Waals surface area contributed by atoms with Crippen molar-refractivity contribution in [2.75, 3.05) is 33.3 Å². The van der Waals surface area contributed by atoms with E-state index >= 15 is 0 Å². The lowest BCUT2D eigenvalue weighted by Gasteiger charge is -2.24. The maximum Gasteiger partial charge on any atom is 0.500 e. The minimum atomic E-state index is -2.57. The molecule has 0 aliphatic carbocycles. The number of aromatic nitrogens is 4. The third kappa shape index (κ3) is 5.86. The Morgan fingerprint density at radius 2 is 2.07 bits per heavy atom. The quantitative estimate of drug-likeness (QED) is 0.335. The molecule has 10 nitrogen and oxygen atoms in total. The number of allylic oxidation sites excluding steroid dienone is 1. The summed E-state index contributed by atoms with van der Waals surface area (Å²) in [5, 5.41) is 25.5. The summed E-state index contributed by atoms with van der Waals surface area (Å²) in [6, 6.07) is 10.1. The molecular formula is C16H22N6O4Si. The van der Waals surface area contributed by atoms with Crippen LogP contribution < -0.4 is 10.1 Å². The first-order valence-corrected chi connectivity index (χ1v) is 10.1. The summed E-state index contributed by atoms with van der Waals surface area (Å²) in [4.78, 5) is 0. The Hall–Kier alpha value is -2.78. The van der Waals surface area contributed by atoms with Gasteiger partial charge in [-0.05, 0) is 23.8 Å². The third-order valence-corrected chi connectivity index (χ3v) is 6.58. The highest BCUT2D eigenvalue weighted by atomic mass is 28.4. The van der Waals surface area contributed by atoms with Gasteiger partial charge in [-0.15, -0.1) is 10.2 Å². The third-order valence-electron chi connectivity index (χ3n) is 3.75. The Balaban J connectivity index is 1.89. The Morgan fingerprint density at radius 1 is 1.30 bits per heavy atom. The number of nitrogens with zero attached hydrogens (tertiary/aromatic N) is 4. The number of ether oxygens (including phenoxy) is 1. The average molecular weight is 390 g/mol. The minimum Gasteiger partial charge on any atom is -0.494 e. The molecule has 2 rings (SSSR count). The highest BCUT2D eigenvalue weighted by Crippen LogP contribution is 2.20. The molecule has 0 bridgehead atoms. The number of aromatic amines is 1. The highest BCUT2D eigenvalue weighted by Gasteiger charge is 2.36. The smallest absolute Gasteiger partial charge is 0.494 e. The predicted octanol–water partition coefficient (Wildman–Crippen LogP) is 1.82. The molecule has 0 saturated carbocycles. The van der Waals surface area contributed by atoms with Crippen LogP contribution >= 0.6 is 0 Å². The molecule has 0 aliphatic heterocycles. The van der Waals surface area contributed by atoms with E-state index in [0.29, 0.717) is 18.4 Å². The largest absolute Gasteiger partial charge is 0.500 e. The van der Waals surface area contributed by atoms with E-state index in [9.17, 15) is 0 Å². The van der Waals surface area contributed by atoms with Gasteiger partial charge in [-0.3, -0.25) is 0 Å². The normalized spacial score (nSPS) is 11.9. The van der Waals surface area contributed by atoms with Crippen molar-refractivity contribution in [3.8, 4) is 11.8 Å². The van der Waals surface area contributed by atoms with Crippen LogP contribution in [0.25, 0.3) is 5.57 Å². The molecule has 0 fully saturated rings. The zero-order valence-corrected chi connectivity index (χ0v) is 16.4. The highest BCUT2D eigenvalue weighted by molar-refractivity contribution is 6.60. The van der Waals surface area contributed by atoms with Gasteiger partial charge in [-0.2, -0.15) is 10.5 Å². The number of tetrazole rings is 1. The minimum absolute atomic E-state index is 0.222. The van der Waals surface area contributed by atoms with Crippen molar-refractivity contribution in [2.24, 2.45) is 0 Å². The molecule has 2 N–H and O–H groups in total. The van der Waals surface area contributed by atoms with Crippen LogP contribution in [-0.4, -0.2) is 57.4 Å². The van der Waals surface area contributed by atoms with Gasteiger partial charge in [0.2, 0.25) is 5.82 Å². The molecule has 0 amide bonds. The zero-order valence-electron chi connectivity index (χ0n) is 15.4. The van der Waals surface area contributed by atoms with Gasteiger partial charge in [0.15, 0.2) is 0 Å². The molecule has 0 spiro atoms. The van der Waals surface area contributed by atoms with Crippen molar-refractivity contribution in [3.63, 3.8) is 0 Å². The summed E-state index contributed by atoms with van der Waals surface area (Å²) in [6.45, 7) is 0.496. The summed E-state index contributed by atoms with van der Waals surface area (Å²) < 4.78 is 21.9. The summed E-state index contributed by atoms with van der Waals surface area (Å²) in [7, 11) is 2.20. The van der Waals surface area contributed by atoms with Crippen LogP contribution in [0.3, 0.4) is 0 Å². The first kappa shape index (κ1) is 20.5. The second-order valence-corrected chi connectivity index (χ2v) is 8.42. The van der Waals surface area contributed by atoms with Crippen molar-refractivity contribution in [3.05, 3.63) is 36.3 Å². The Kier molecular flexibility index (Phi) is 7.90. The molecule has 11 heteroatoms. The molecule has 0 radical (unpaired) electrons. The van der Waals surface area contributed by atoms with E-state index in [0.717, 1.165) is 12.1 Å². The van der Waals surface area contributed by atoms with Gasteiger partial charge in [-0.1, -0.05) is 6.07 Å². The van der Waals surface area contributed by atoms with Crippen molar-refractivity contribution < 1.29 is 18.0 Å². The molecule has 2 aromatic rings. The van der Waals surface area contributed by atoms with Gasteiger partial charge in [0.25, 0.3) is 0 Å². The van der Waals surface area contributed by atoms with Crippen LogP contribution in [-0.2, 0) is 13.3 Å². The second-order valence-electron chi connectivity index (χ2n) is 5.32. The SMILES string of the molecule is CO[Si](CCCOc1cccc(NC=C(C#N)c2nn[nH]n2)c1)(OC)OC. The molecule has 27 heavy (non-hydrogen) atoms. The van der Waals surface area contributed by atoms with E-state index in [1.165, 1.54) is 6.20 Å². The topological polar surface area (TPSA) is 127 Å². The summed E-state index contributed by atoms with van der Waals surface area (Å²) in [6.07, 6.45) is 2.25. The number of nitriles is 1. The van der Waals surface area contributed by atoms with Gasteiger partial charge >= 0.3 is 8.80 Å². The predicted molar refractivity (Wildman–Crippen MR) is 99.5 cm³/mol. The second kappa shape index (κ2) is 10.4. The zero-order chi connectivity index (χ0) is 19.5. The lowest BCUT2D eigenvalue weighted by Crippen LogP contribution is -2.42. The number of rotatable bonds is 11. The number of nitrogens with one attached hydrogen (secondary N) is 2. The van der Waals surface area contributed by atoms with Crippen molar-refractivity contribution in [1.29, 1.82) is 5.26 Å². The molecule has 144 valence electrons. The van der Waals surface area contributed by atoms with E-state index in [-0.39, 0.29) is 11.4 Å². The van der Waals surface area contributed by atoms with E-state index in [4.69, 9.17) is 23.3 Å². The molecule has 1 aromatic heterocycles.